The van der Waals surface area contributed by atoms with Crippen LogP contribution in [-0.2, 0) is 0 Å². The monoisotopic (exact) mass is 221 g/mol. The molecule has 0 fully saturated rings. The number of ether oxygens (including phenoxy) is 1. The predicted octanol–water partition coefficient (Wildman–Crippen LogP) is 3.04. The first-order chi connectivity index (χ1) is 7.72. The summed E-state index contributed by atoms with van der Waals surface area (Å²) in [5.74, 6) is -1.37. The van der Waals surface area contributed by atoms with Crippen LogP contribution in [0.15, 0.2) is 36.5 Å². The largest absolute Gasteiger partial charge is 0.481 e. The summed E-state index contributed by atoms with van der Waals surface area (Å²) in [5.41, 5.74) is 1.16. The molecule has 1 aromatic heterocycles. The molecule has 2 aromatic rings. The van der Waals surface area contributed by atoms with Crippen molar-refractivity contribution in [2.45, 2.75) is 0 Å². The second-order valence-electron chi connectivity index (χ2n) is 3.19. The van der Waals surface area contributed by atoms with Gasteiger partial charge in [0.2, 0.25) is 5.88 Å². The minimum Gasteiger partial charge on any atom is -0.481 e. The first-order valence-corrected chi connectivity index (χ1v) is 4.67. The zero-order valence-electron chi connectivity index (χ0n) is 8.58. The van der Waals surface area contributed by atoms with Crippen LogP contribution >= 0.6 is 0 Å². The Morgan fingerprint density at radius 2 is 1.94 bits per heavy atom. The number of methoxy groups -OCH3 is 1. The van der Waals surface area contributed by atoms with Crippen molar-refractivity contribution >= 4 is 0 Å². The van der Waals surface area contributed by atoms with Crippen LogP contribution < -0.4 is 4.74 Å². The molecule has 0 aliphatic heterocycles. The standard InChI is InChI=1S/C12H9F2NO/c1-16-12-9(3-2-6-15-12)8-4-5-10(13)11(14)7-8/h2-7H,1H3. The number of aromatic nitrogens is 1. The van der Waals surface area contributed by atoms with Crippen molar-refractivity contribution in [3.63, 3.8) is 0 Å². The molecule has 0 radical (unpaired) electrons. The number of halogens is 2. The van der Waals surface area contributed by atoms with Crippen LogP contribution in [-0.4, -0.2) is 12.1 Å². The topological polar surface area (TPSA) is 22.1 Å². The average molecular weight is 221 g/mol. The fourth-order valence-corrected chi connectivity index (χ4v) is 1.44. The van der Waals surface area contributed by atoms with E-state index in [2.05, 4.69) is 4.98 Å². The lowest BCUT2D eigenvalue weighted by Gasteiger charge is -2.06. The van der Waals surface area contributed by atoms with Crippen LogP contribution in [0.1, 0.15) is 0 Å². The van der Waals surface area contributed by atoms with E-state index in [-0.39, 0.29) is 0 Å². The molecule has 1 aromatic carbocycles. The third-order valence-corrected chi connectivity index (χ3v) is 2.20. The average Bonchev–Trinajstić information content (AvgIpc) is 2.32. The van der Waals surface area contributed by atoms with E-state index < -0.39 is 11.6 Å². The van der Waals surface area contributed by atoms with Crippen LogP contribution in [0.3, 0.4) is 0 Å². The van der Waals surface area contributed by atoms with Crippen molar-refractivity contribution in [3.05, 3.63) is 48.2 Å². The minimum atomic E-state index is -0.886. The van der Waals surface area contributed by atoms with Gasteiger partial charge in [0, 0.05) is 11.8 Å². The van der Waals surface area contributed by atoms with E-state index >= 15 is 0 Å². The van der Waals surface area contributed by atoms with Crippen molar-refractivity contribution < 1.29 is 13.5 Å². The van der Waals surface area contributed by atoms with Crippen LogP contribution in [0.4, 0.5) is 8.78 Å². The van der Waals surface area contributed by atoms with Crippen LogP contribution in [0.25, 0.3) is 11.1 Å². The zero-order valence-corrected chi connectivity index (χ0v) is 8.58. The van der Waals surface area contributed by atoms with Crippen molar-refractivity contribution in [2.24, 2.45) is 0 Å². The maximum absolute atomic E-state index is 13.1. The van der Waals surface area contributed by atoms with Crippen LogP contribution in [0, 0.1) is 11.6 Å². The van der Waals surface area contributed by atoms with E-state index in [1.807, 2.05) is 0 Å². The fraction of sp³-hybridized carbons (Fsp3) is 0.0833. The molecule has 0 unspecified atom stereocenters. The van der Waals surface area contributed by atoms with Gasteiger partial charge in [0.15, 0.2) is 11.6 Å². The van der Waals surface area contributed by atoms with Gasteiger partial charge in [0.05, 0.1) is 7.11 Å². The highest BCUT2D eigenvalue weighted by Crippen LogP contribution is 2.28. The summed E-state index contributed by atoms with van der Waals surface area (Å²) in [6.07, 6.45) is 1.57. The molecule has 2 nitrogen and oxygen atoms in total. The third kappa shape index (κ3) is 1.86. The van der Waals surface area contributed by atoms with E-state index in [0.29, 0.717) is 17.0 Å². The molecule has 0 amide bonds. The van der Waals surface area contributed by atoms with Crippen molar-refractivity contribution in [1.29, 1.82) is 0 Å². The molecule has 0 saturated heterocycles. The van der Waals surface area contributed by atoms with Crippen molar-refractivity contribution in [3.8, 4) is 17.0 Å². The maximum Gasteiger partial charge on any atom is 0.221 e. The smallest absolute Gasteiger partial charge is 0.221 e. The van der Waals surface area contributed by atoms with E-state index in [0.717, 1.165) is 12.1 Å². The molecule has 82 valence electrons. The molecule has 0 N–H and O–H groups in total. The Balaban J connectivity index is 2.54. The van der Waals surface area contributed by atoms with Gasteiger partial charge in [-0.1, -0.05) is 6.07 Å². The quantitative estimate of drug-likeness (QED) is 0.777. The SMILES string of the molecule is COc1ncccc1-c1ccc(F)c(F)c1. The van der Waals surface area contributed by atoms with Crippen molar-refractivity contribution in [1.82, 2.24) is 4.98 Å². The number of rotatable bonds is 2. The first kappa shape index (κ1) is 10.5. The summed E-state index contributed by atoms with van der Waals surface area (Å²) in [6.45, 7) is 0. The minimum absolute atomic E-state index is 0.383. The Labute approximate surface area is 91.5 Å². The third-order valence-electron chi connectivity index (χ3n) is 2.20. The summed E-state index contributed by atoms with van der Waals surface area (Å²) in [5, 5.41) is 0. The lowest BCUT2D eigenvalue weighted by atomic mass is 10.1. The highest BCUT2D eigenvalue weighted by molar-refractivity contribution is 5.68. The van der Waals surface area contributed by atoms with Gasteiger partial charge < -0.3 is 4.74 Å². The molecule has 4 heteroatoms. The Kier molecular flexibility index (Phi) is 2.81. The van der Waals surface area contributed by atoms with Gasteiger partial charge in [0.1, 0.15) is 0 Å². The Morgan fingerprint density at radius 3 is 2.62 bits per heavy atom. The van der Waals surface area contributed by atoms with E-state index in [4.69, 9.17) is 4.74 Å². The second-order valence-corrected chi connectivity index (χ2v) is 3.19. The zero-order chi connectivity index (χ0) is 11.5. The van der Waals surface area contributed by atoms with Gasteiger partial charge in [-0.25, -0.2) is 13.8 Å². The normalized spacial score (nSPS) is 10.2. The van der Waals surface area contributed by atoms with Gasteiger partial charge >= 0.3 is 0 Å². The van der Waals surface area contributed by atoms with E-state index in [9.17, 15) is 8.78 Å². The van der Waals surface area contributed by atoms with Crippen LogP contribution in [0.2, 0.25) is 0 Å². The molecule has 16 heavy (non-hydrogen) atoms. The Morgan fingerprint density at radius 1 is 1.12 bits per heavy atom. The maximum atomic E-state index is 13.1. The molecule has 0 spiro atoms. The highest BCUT2D eigenvalue weighted by Gasteiger charge is 2.09. The lowest BCUT2D eigenvalue weighted by Crippen LogP contribution is -1.92. The molecule has 0 saturated carbocycles. The first-order valence-electron chi connectivity index (χ1n) is 4.67. The Hall–Kier alpha value is -1.97. The van der Waals surface area contributed by atoms with Gasteiger partial charge in [0.25, 0.3) is 0 Å². The van der Waals surface area contributed by atoms with Crippen molar-refractivity contribution in [2.75, 3.05) is 7.11 Å². The van der Waals surface area contributed by atoms with Gasteiger partial charge in [-0.15, -0.1) is 0 Å². The fourth-order valence-electron chi connectivity index (χ4n) is 1.44. The Bertz CT molecular complexity index is 514. The van der Waals surface area contributed by atoms with Gasteiger partial charge in [-0.05, 0) is 29.8 Å². The number of pyridine rings is 1. The van der Waals surface area contributed by atoms with Gasteiger partial charge in [-0.2, -0.15) is 0 Å². The summed E-state index contributed by atoms with van der Waals surface area (Å²) in [6, 6.07) is 7.13. The molecule has 0 aliphatic rings. The molecule has 0 atom stereocenters. The number of nitrogens with zero attached hydrogens (tertiary/aromatic N) is 1. The van der Waals surface area contributed by atoms with Crippen LogP contribution in [0.5, 0.6) is 5.88 Å². The summed E-state index contributed by atoms with van der Waals surface area (Å²) in [4.78, 5) is 3.99. The molecule has 1 heterocycles. The molecular weight excluding hydrogens is 212 g/mol. The molecule has 2 rings (SSSR count). The van der Waals surface area contributed by atoms with E-state index in [1.165, 1.54) is 13.2 Å². The highest BCUT2D eigenvalue weighted by atomic mass is 19.2. The van der Waals surface area contributed by atoms with E-state index in [1.54, 1.807) is 18.3 Å². The summed E-state index contributed by atoms with van der Waals surface area (Å²) < 4.78 is 30.9. The number of benzene rings is 1. The molecule has 0 aliphatic carbocycles. The van der Waals surface area contributed by atoms with Gasteiger partial charge in [-0.3, -0.25) is 0 Å². The summed E-state index contributed by atoms with van der Waals surface area (Å²) >= 11 is 0. The number of hydrogen-bond acceptors (Lipinski definition) is 2. The summed E-state index contributed by atoms with van der Waals surface area (Å²) in [7, 11) is 1.48. The molecular formula is C12H9F2NO. The lowest BCUT2D eigenvalue weighted by molar-refractivity contribution is 0.399. The predicted molar refractivity (Wildman–Crippen MR) is 56.1 cm³/mol. The molecule has 0 bridgehead atoms. The second kappa shape index (κ2) is 4.26. The number of hydrogen-bond donors (Lipinski definition) is 0.